The summed E-state index contributed by atoms with van der Waals surface area (Å²) in [7, 11) is 3.89. The van der Waals surface area contributed by atoms with Crippen LogP contribution in [0.2, 0.25) is 0 Å². The summed E-state index contributed by atoms with van der Waals surface area (Å²) in [5.74, 6) is 2.30. The van der Waals surface area contributed by atoms with Crippen LogP contribution in [0.4, 0.5) is 5.82 Å². The number of imidazole rings is 1. The van der Waals surface area contributed by atoms with Gasteiger partial charge in [0, 0.05) is 38.5 Å². The normalized spacial score (nSPS) is 10.9. The van der Waals surface area contributed by atoms with Crippen molar-refractivity contribution in [2.24, 2.45) is 7.05 Å². The zero-order chi connectivity index (χ0) is 13.1. The molecule has 0 saturated heterocycles. The fraction of sp³-hybridized carbons (Fsp3) is 0.462. The molecule has 2 aromatic rings. The fourth-order valence-corrected chi connectivity index (χ4v) is 2.10. The van der Waals surface area contributed by atoms with Gasteiger partial charge < -0.3 is 9.88 Å². The van der Waals surface area contributed by atoms with Crippen molar-refractivity contribution in [3.8, 4) is 0 Å². The lowest BCUT2D eigenvalue weighted by Gasteiger charge is -2.15. The standard InChI is InChI=1S/C13H19N5/c1-9(2)12-10(16-8-17-13(12)14-3)7-11-15-5-6-18(11)4/h5-6,8-9H,7H2,1-4H3,(H,14,16,17). The summed E-state index contributed by atoms with van der Waals surface area (Å²) in [5.41, 5.74) is 2.21. The Balaban J connectivity index is 2.41. The summed E-state index contributed by atoms with van der Waals surface area (Å²) in [5, 5.41) is 3.13. The summed E-state index contributed by atoms with van der Waals surface area (Å²) in [6.45, 7) is 4.31. The molecule has 0 fully saturated rings. The highest BCUT2D eigenvalue weighted by Crippen LogP contribution is 2.25. The van der Waals surface area contributed by atoms with Crippen molar-refractivity contribution >= 4 is 5.82 Å². The number of hydrogen-bond donors (Lipinski definition) is 1. The van der Waals surface area contributed by atoms with E-state index in [1.54, 1.807) is 6.33 Å². The van der Waals surface area contributed by atoms with Gasteiger partial charge in [-0.15, -0.1) is 0 Å². The van der Waals surface area contributed by atoms with Gasteiger partial charge in [0.15, 0.2) is 0 Å². The highest BCUT2D eigenvalue weighted by molar-refractivity contribution is 5.47. The van der Waals surface area contributed by atoms with Crippen LogP contribution in [0.15, 0.2) is 18.7 Å². The molecule has 2 rings (SSSR count). The van der Waals surface area contributed by atoms with Gasteiger partial charge in [0.2, 0.25) is 0 Å². The second-order valence-electron chi connectivity index (χ2n) is 4.62. The predicted molar refractivity (Wildman–Crippen MR) is 71.7 cm³/mol. The third-order valence-electron chi connectivity index (χ3n) is 3.03. The number of nitrogens with one attached hydrogen (secondary N) is 1. The maximum atomic E-state index is 4.42. The quantitative estimate of drug-likeness (QED) is 0.894. The molecular weight excluding hydrogens is 226 g/mol. The first-order valence-corrected chi connectivity index (χ1v) is 6.11. The predicted octanol–water partition coefficient (Wildman–Crippen LogP) is 1.97. The largest absolute Gasteiger partial charge is 0.373 e. The van der Waals surface area contributed by atoms with E-state index in [2.05, 4.69) is 34.1 Å². The molecule has 0 aliphatic rings. The minimum atomic E-state index is 0.379. The maximum Gasteiger partial charge on any atom is 0.132 e. The molecule has 18 heavy (non-hydrogen) atoms. The third kappa shape index (κ3) is 2.34. The molecule has 5 nitrogen and oxygen atoms in total. The SMILES string of the molecule is CNc1ncnc(Cc2nccn2C)c1C(C)C. The van der Waals surface area contributed by atoms with Crippen LogP contribution in [0.5, 0.6) is 0 Å². The molecular formula is C13H19N5. The van der Waals surface area contributed by atoms with E-state index in [-0.39, 0.29) is 0 Å². The van der Waals surface area contributed by atoms with Gasteiger partial charge in [-0.05, 0) is 5.92 Å². The number of rotatable bonds is 4. The van der Waals surface area contributed by atoms with Gasteiger partial charge in [0.25, 0.3) is 0 Å². The lowest BCUT2D eigenvalue weighted by Crippen LogP contribution is -2.09. The molecule has 1 N–H and O–H groups in total. The van der Waals surface area contributed by atoms with Gasteiger partial charge in [0.05, 0.1) is 5.69 Å². The molecule has 0 amide bonds. The summed E-state index contributed by atoms with van der Waals surface area (Å²) in [6, 6.07) is 0. The van der Waals surface area contributed by atoms with E-state index in [1.165, 1.54) is 5.56 Å². The van der Waals surface area contributed by atoms with Crippen molar-refractivity contribution in [2.45, 2.75) is 26.2 Å². The van der Waals surface area contributed by atoms with Gasteiger partial charge in [-0.25, -0.2) is 15.0 Å². The molecule has 0 aliphatic heterocycles. The Morgan fingerprint density at radius 2 is 2.06 bits per heavy atom. The molecule has 0 bridgehead atoms. The number of aromatic nitrogens is 4. The minimum absolute atomic E-state index is 0.379. The molecule has 0 atom stereocenters. The Hall–Kier alpha value is -1.91. The Morgan fingerprint density at radius 3 is 2.61 bits per heavy atom. The van der Waals surface area contributed by atoms with Crippen molar-refractivity contribution in [1.82, 2.24) is 19.5 Å². The molecule has 0 aromatic carbocycles. The topological polar surface area (TPSA) is 55.6 Å². The van der Waals surface area contributed by atoms with E-state index in [4.69, 9.17) is 0 Å². The van der Waals surface area contributed by atoms with Crippen molar-refractivity contribution in [2.75, 3.05) is 12.4 Å². The zero-order valence-electron chi connectivity index (χ0n) is 11.3. The molecule has 5 heteroatoms. The summed E-state index contributed by atoms with van der Waals surface area (Å²) >= 11 is 0. The molecule has 0 unspecified atom stereocenters. The van der Waals surface area contributed by atoms with Gasteiger partial charge in [0.1, 0.15) is 18.0 Å². The molecule has 0 aliphatic carbocycles. The summed E-state index contributed by atoms with van der Waals surface area (Å²) < 4.78 is 2.02. The average molecular weight is 245 g/mol. The zero-order valence-corrected chi connectivity index (χ0v) is 11.3. The Kier molecular flexibility index (Phi) is 3.60. The molecule has 96 valence electrons. The van der Waals surface area contributed by atoms with Gasteiger partial charge in [-0.3, -0.25) is 0 Å². The van der Waals surface area contributed by atoms with Crippen LogP contribution in [0, 0.1) is 0 Å². The van der Waals surface area contributed by atoms with Crippen molar-refractivity contribution < 1.29 is 0 Å². The number of anilines is 1. The number of nitrogens with zero attached hydrogens (tertiary/aromatic N) is 4. The van der Waals surface area contributed by atoms with Crippen LogP contribution >= 0.6 is 0 Å². The highest BCUT2D eigenvalue weighted by Gasteiger charge is 2.15. The lowest BCUT2D eigenvalue weighted by molar-refractivity contribution is 0.775. The molecule has 2 heterocycles. The summed E-state index contributed by atoms with van der Waals surface area (Å²) in [4.78, 5) is 13.1. The van der Waals surface area contributed by atoms with E-state index in [1.807, 2.05) is 31.1 Å². The smallest absolute Gasteiger partial charge is 0.132 e. The molecule has 0 radical (unpaired) electrons. The average Bonchev–Trinajstić information content (AvgIpc) is 2.74. The fourth-order valence-electron chi connectivity index (χ4n) is 2.10. The summed E-state index contributed by atoms with van der Waals surface area (Å²) in [6.07, 6.45) is 6.10. The van der Waals surface area contributed by atoms with Crippen LogP contribution in [-0.4, -0.2) is 26.6 Å². The lowest BCUT2D eigenvalue weighted by atomic mass is 10.00. The number of aryl methyl sites for hydroxylation is 1. The van der Waals surface area contributed by atoms with Crippen molar-refractivity contribution in [3.63, 3.8) is 0 Å². The van der Waals surface area contributed by atoms with Crippen LogP contribution in [0.3, 0.4) is 0 Å². The van der Waals surface area contributed by atoms with Gasteiger partial charge >= 0.3 is 0 Å². The highest BCUT2D eigenvalue weighted by atomic mass is 15.0. The van der Waals surface area contributed by atoms with Crippen molar-refractivity contribution in [3.05, 3.63) is 35.8 Å². The Labute approximate surface area is 107 Å². The monoisotopic (exact) mass is 245 g/mol. The molecule has 0 spiro atoms. The van der Waals surface area contributed by atoms with E-state index >= 15 is 0 Å². The minimum Gasteiger partial charge on any atom is -0.373 e. The second-order valence-corrected chi connectivity index (χ2v) is 4.62. The van der Waals surface area contributed by atoms with Crippen LogP contribution in [0.1, 0.15) is 36.8 Å². The van der Waals surface area contributed by atoms with E-state index in [0.29, 0.717) is 5.92 Å². The van der Waals surface area contributed by atoms with Crippen molar-refractivity contribution in [1.29, 1.82) is 0 Å². The van der Waals surface area contributed by atoms with Gasteiger partial charge in [-0.2, -0.15) is 0 Å². The third-order valence-corrected chi connectivity index (χ3v) is 3.03. The Morgan fingerprint density at radius 1 is 1.28 bits per heavy atom. The van der Waals surface area contributed by atoms with E-state index < -0.39 is 0 Å². The first kappa shape index (κ1) is 12.5. The van der Waals surface area contributed by atoms with Crippen LogP contribution in [0.25, 0.3) is 0 Å². The van der Waals surface area contributed by atoms with E-state index in [9.17, 15) is 0 Å². The van der Waals surface area contributed by atoms with E-state index in [0.717, 1.165) is 23.8 Å². The molecule has 0 saturated carbocycles. The Bertz CT molecular complexity index is 530. The second kappa shape index (κ2) is 5.16. The maximum absolute atomic E-state index is 4.42. The van der Waals surface area contributed by atoms with Crippen LogP contribution in [-0.2, 0) is 13.5 Å². The van der Waals surface area contributed by atoms with Gasteiger partial charge in [-0.1, -0.05) is 13.8 Å². The first-order valence-electron chi connectivity index (χ1n) is 6.11. The first-order chi connectivity index (χ1) is 8.63. The number of hydrogen-bond acceptors (Lipinski definition) is 4. The van der Waals surface area contributed by atoms with Crippen LogP contribution < -0.4 is 5.32 Å². The molecule has 2 aromatic heterocycles.